The Balaban J connectivity index is 1.77. The molecule has 1 N–H and O–H groups in total. The number of fused-ring (bicyclic) bond motifs is 1. The molecule has 1 heterocycles. The minimum absolute atomic E-state index is 0.0930. The van der Waals surface area contributed by atoms with Crippen molar-refractivity contribution in [3.8, 4) is 16.9 Å². The molecule has 1 aromatic heterocycles. The van der Waals surface area contributed by atoms with Gasteiger partial charge in [0.2, 0.25) is 5.91 Å². The van der Waals surface area contributed by atoms with E-state index in [2.05, 4.69) is 24.1 Å². The highest BCUT2D eigenvalue weighted by Crippen LogP contribution is 2.37. The number of carbonyl (C=O) groups is 1. The maximum Gasteiger partial charge on any atom is 0.244 e. The summed E-state index contributed by atoms with van der Waals surface area (Å²) in [5.74, 6) is 0.216. The summed E-state index contributed by atoms with van der Waals surface area (Å²) >= 11 is 0. The van der Waals surface area contributed by atoms with Crippen molar-refractivity contribution in [2.45, 2.75) is 46.6 Å². The van der Waals surface area contributed by atoms with E-state index in [4.69, 9.17) is 9.15 Å². The van der Waals surface area contributed by atoms with Crippen molar-refractivity contribution in [1.29, 1.82) is 0 Å². The molecule has 0 aliphatic heterocycles. The molecule has 0 fully saturated rings. The maximum atomic E-state index is 13.4. The molecule has 0 saturated heterocycles. The van der Waals surface area contributed by atoms with Crippen LogP contribution in [0.1, 0.15) is 46.1 Å². The van der Waals surface area contributed by atoms with Gasteiger partial charge in [0.05, 0.1) is 13.4 Å². The van der Waals surface area contributed by atoms with E-state index in [0.29, 0.717) is 11.3 Å². The zero-order chi connectivity index (χ0) is 24.7. The second kappa shape index (κ2) is 11.8. The lowest BCUT2D eigenvalue weighted by Crippen LogP contribution is -2.32. The highest BCUT2D eigenvalue weighted by molar-refractivity contribution is 6.00. The number of hydrogen-bond acceptors (Lipinski definition) is 4. The number of allylic oxidation sites excluding steroid dienone is 1. The number of methoxy groups -OCH3 is 1. The quantitative estimate of drug-likeness (QED) is 0.338. The maximum absolute atomic E-state index is 13.4. The van der Waals surface area contributed by atoms with Crippen LogP contribution >= 0.6 is 0 Å². The number of halogens is 1. The van der Waals surface area contributed by atoms with Gasteiger partial charge in [-0.2, -0.15) is 0 Å². The van der Waals surface area contributed by atoms with Crippen molar-refractivity contribution < 1.29 is 18.3 Å². The first-order valence-electron chi connectivity index (χ1n) is 11.9. The number of amides is 1. The number of nitrogens with one attached hydrogen (secondary N) is 1. The largest absolute Gasteiger partial charge is 0.496 e. The van der Waals surface area contributed by atoms with Crippen molar-refractivity contribution >= 4 is 22.4 Å². The number of carbonyl (C=O) groups excluding carboxylic acids is 1. The van der Waals surface area contributed by atoms with Gasteiger partial charge in [0, 0.05) is 34.7 Å². The highest BCUT2D eigenvalue weighted by Gasteiger charge is 2.15. The van der Waals surface area contributed by atoms with Crippen molar-refractivity contribution in [1.82, 2.24) is 10.2 Å². The smallest absolute Gasteiger partial charge is 0.244 e. The molecule has 2 aromatic carbocycles. The fourth-order valence-electron chi connectivity index (χ4n) is 4.18. The number of hydrogen-bond donors (Lipinski definition) is 1. The van der Waals surface area contributed by atoms with Gasteiger partial charge in [0.1, 0.15) is 17.1 Å². The molecule has 0 aliphatic rings. The van der Waals surface area contributed by atoms with Gasteiger partial charge in [-0.05, 0) is 75.7 Å². The van der Waals surface area contributed by atoms with E-state index in [0.717, 1.165) is 60.1 Å². The van der Waals surface area contributed by atoms with Crippen LogP contribution in [-0.2, 0) is 4.79 Å². The summed E-state index contributed by atoms with van der Waals surface area (Å²) in [5, 5.41) is 3.95. The summed E-state index contributed by atoms with van der Waals surface area (Å²) in [6.45, 7) is 11.4. The first-order chi connectivity index (χ1) is 16.4. The Hall–Kier alpha value is -3.12. The van der Waals surface area contributed by atoms with Crippen LogP contribution < -0.4 is 10.1 Å². The first kappa shape index (κ1) is 25.5. The van der Waals surface area contributed by atoms with Crippen LogP contribution in [0.15, 0.2) is 53.2 Å². The van der Waals surface area contributed by atoms with Gasteiger partial charge in [-0.15, -0.1) is 0 Å². The van der Waals surface area contributed by atoms with Crippen LogP contribution in [0.4, 0.5) is 4.39 Å². The molecule has 0 saturated carbocycles. The van der Waals surface area contributed by atoms with Crippen molar-refractivity contribution in [3.05, 3.63) is 60.1 Å². The lowest BCUT2D eigenvalue weighted by molar-refractivity contribution is -0.117. The second-order valence-corrected chi connectivity index (χ2v) is 8.61. The molecule has 5 nitrogen and oxygen atoms in total. The molecule has 3 rings (SSSR count). The molecule has 0 bridgehead atoms. The molecule has 0 radical (unpaired) electrons. The third-order valence-corrected chi connectivity index (χ3v) is 6.22. The normalized spacial score (nSPS) is 12.9. The van der Waals surface area contributed by atoms with Crippen LogP contribution in [0.25, 0.3) is 27.7 Å². The minimum Gasteiger partial charge on any atom is -0.496 e. The summed E-state index contributed by atoms with van der Waals surface area (Å²) in [4.78, 5) is 15.1. The predicted molar refractivity (Wildman–Crippen MR) is 136 cm³/mol. The first-order valence-corrected chi connectivity index (χ1v) is 11.9. The molecule has 182 valence electrons. The SMILES string of the molecule is CCN(CC)CCCC(C)NC(=O)/C=C(\C)c1cc2c(-c3ccc(F)cc3)coc2cc1OC. The third-order valence-electron chi connectivity index (χ3n) is 6.22. The Morgan fingerprint density at radius 1 is 1.21 bits per heavy atom. The Kier molecular flexibility index (Phi) is 8.88. The molecule has 3 aromatic rings. The number of benzene rings is 2. The van der Waals surface area contributed by atoms with Gasteiger partial charge in [-0.3, -0.25) is 4.79 Å². The van der Waals surface area contributed by atoms with E-state index in [1.807, 2.05) is 26.0 Å². The number of nitrogens with zero attached hydrogens (tertiary/aromatic N) is 1. The van der Waals surface area contributed by atoms with Crippen LogP contribution in [0.2, 0.25) is 0 Å². The molecule has 6 heteroatoms. The van der Waals surface area contributed by atoms with Gasteiger partial charge in [-0.1, -0.05) is 26.0 Å². The molecular formula is C28H35FN2O3. The summed E-state index contributed by atoms with van der Waals surface area (Å²) in [6.07, 6.45) is 5.25. The van der Waals surface area contributed by atoms with Crippen molar-refractivity contribution in [3.63, 3.8) is 0 Å². The molecule has 1 amide bonds. The summed E-state index contributed by atoms with van der Waals surface area (Å²) in [6, 6.07) is 10.2. The van der Waals surface area contributed by atoms with Crippen LogP contribution in [-0.4, -0.2) is 43.6 Å². The van der Waals surface area contributed by atoms with Gasteiger partial charge < -0.3 is 19.4 Å². The molecule has 1 unspecified atom stereocenters. The van der Waals surface area contributed by atoms with Gasteiger partial charge in [0.15, 0.2) is 0 Å². The topological polar surface area (TPSA) is 54.7 Å². The van der Waals surface area contributed by atoms with Crippen LogP contribution in [0.3, 0.4) is 0 Å². The fraction of sp³-hybridized carbons (Fsp3) is 0.393. The van der Waals surface area contributed by atoms with E-state index in [-0.39, 0.29) is 17.8 Å². The standard InChI is InChI=1S/C28H35FN2O3/c1-6-31(7-2)14-8-9-20(4)30-28(32)15-19(3)23-16-24-25(21-10-12-22(29)13-11-21)18-34-27(24)17-26(23)33-5/h10-13,15-18,20H,6-9,14H2,1-5H3,(H,30,32)/b19-15+. The van der Waals surface area contributed by atoms with E-state index in [1.165, 1.54) is 12.1 Å². The zero-order valence-electron chi connectivity index (χ0n) is 20.8. The Bertz CT molecular complexity index is 1130. The molecule has 34 heavy (non-hydrogen) atoms. The average molecular weight is 467 g/mol. The van der Waals surface area contributed by atoms with Gasteiger partial charge >= 0.3 is 0 Å². The monoisotopic (exact) mass is 466 g/mol. The van der Waals surface area contributed by atoms with Crippen molar-refractivity contribution in [2.75, 3.05) is 26.7 Å². The van der Waals surface area contributed by atoms with Gasteiger partial charge in [-0.25, -0.2) is 4.39 Å². The summed E-state index contributed by atoms with van der Waals surface area (Å²) in [5.41, 5.74) is 3.98. The molecule has 0 spiro atoms. The lowest BCUT2D eigenvalue weighted by atomic mass is 9.99. The van der Waals surface area contributed by atoms with E-state index < -0.39 is 0 Å². The Labute approximate surface area is 201 Å². The summed E-state index contributed by atoms with van der Waals surface area (Å²) < 4.78 is 24.7. The van der Waals surface area contributed by atoms with Crippen molar-refractivity contribution in [2.24, 2.45) is 0 Å². The third kappa shape index (κ3) is 6.26. The molecular weight excluding hydrogens is 431 g/mol. The molecule has 0 aliphatic carbocycles. The van der Waals surface area contributed by atoms with E-state index in [1.54, 1.807) is 31.6 Å². The van der Waals surface area contributed by atoms with Gasteiger partial charge in [0.25, 0.3) is 0 Å². The Morgan fingerprint density at radius 3 is 2.56 bits per heavy atom. The van der Waals surface area contributed by atoms with Crippen LogP contribution in [0.5, 0.6) is 5.75 Å². The second-order valence-electron chi connectivity index (χ2n) is 8.61. The summed E-state index contributed by atoms with van der Waals surface area (Å²) in [7, 11) is 1.60. The van der Waals surface area contributed by atoms with Crippen LogP contribution in [0, 0.1) is 5.82 Å². The lowest BCUT2D eigenvalue weighted by Gasteiger charge is -2.19. The zero-order valence-corrected chi connectivity index (χ0v) is 20.8. The fourth-order valence-corrected chi connectivity index (χ4v) is 4.18. The van der Waals surface area contributed by atoms with E-state index in [9.17, 15) is 9.18 Å². The number of ether oxygens (including phenoxy) is 1. The predicted octanol–water partition coefficient (Wildman–Crippen LogP) is 6.28. The van der Waals surface area contributed by atoms with E-state index >= 15 is 0 Å². The average Bonchev–Trinajstić information content (AvgIpc) is 3.24. The molecule has 1 atom stereocenters. The highest BCUT2D eigenvalue weighted by atomic mass is 19.1. The Morgan fingerprint density at radius 2 is 1.91 bits per heavy atom. The number of rotatable bonds is 11. The minimum atomic E-state index is -0.286. The number of furan rings is 1.